The van der Waals surface area contributed by atoms with Crippen LogP contribution in [0.3, 0.4) is 0 Å². The highest BCUT2D eigenvalue weighted by atomic mass is 32.1. The van der Waals surface area contributed by atoms with E-state index < -0.39 is 0 Å². The third kappa shape index (κ3) is 3.62. The van der Waals surface area contributed by atoms with Crippen LogP contribution < -0.4 is 0 Å². The Kier molecular flexibility index (Phi) is 5.31. The Morgan fingerprint density at radius 1 is 0.533 bits per heavy atom. The van der Waals surface area contributed by atoms with Gasteiger partial charge in [-0.25, -0.2) is 9.97 Å². The van der Waals surface area contributed by atoms with E-state index in [0.29, 0.717) is 0 Å². The monoisotopic (exact) mass is 590 g/mol. The Bertz CT molecular complexity index is 2630. The second kappa shape index (κ2) is 9.56. The number of benzene rings is 7. The van der Waals surface area contributed by atoms with Crippen LogP contribution in [0.4, 0.5) is 0 Å². The summed E-state index contributed by atoms with van der Waals surface area (Å²) in [6.07, 6.45) is 0.873. The van der Waals surface area contributed by atoms with Crippen LogP contribution in [0.2, 0.25) is 0 Å². The lowest BCUT2D eigenvalue weighted by Crippen LogP contribution is -2.16. The topological polar surface area (TPSA) is 25.8 Å². The summed E-state index contributed by atoms with van der Waals surface area (Å²) in [4.78, 5) is 10.8. The van der Waals surface area contributed by atoms with Crippen molar-refractivity contribution in [1.29, 1.82) is 0 Å². The summed E-state index contributed by atoms with van der Waals surface area (Å²) in [6, 6.07) is 50.3. The molecule has 10 rings (SSSR count). The molecule has 7 aromatic carbocycles. The van der Waals surface area contributed by atoms with E-state index in [9.17, 15) is 0 Å². The van der Waals surface area contributed by atoms with Crippen LogP contribution in [0.5, 0.6) is 0 Å². The van der Waals surface area contributed by atoms with Crippen LogP contribution in [0.15, 0.2) is 140 Å². The molecule has 0 bridgehead atoms. The molecule has 0 saturated heterocycles. The molecule has 0 aliphatic heterocycles. The van der Waals surface area contributed by atoms with Gasteiger partial charge in [0.05, 0.1) is 22.4 Å². The van der Waals surface area contributed by atoms with E-state index in [-0.39, 0.29) is 5.92 Å². The van der Waals surface area contributed by atoms with Gasteiger partial charge in [-0.05, 0) is 62.4 Å². The Hall–Kier alpha value is -5.38. The smallest absolute Gasteiger partial charge is 0.0931 e. The number of hydrogen-bond donors (Lipinski definition) is 0. The van der Waals surface area contributed by atoms with E-state index in [0.717, 1.165) is 34.4 Å². The molecule has 3 heteroatoms. The number of thiophene rings is 1. The van der Waals surface area contributed by atoms with Gasteiger partial charge in [0, 0.05) is 31.7 Å². The van der Waals surface area contributed by atoms with Crippen molar-refractivity contribution in [2.75, 3.05) is 0 Å². The van der Waals surface area contributed by atoms with E-state index in [1.807, 2.05) is 11.3 Å². The Labute approximate surface area is 264 Å². The zero-order valence-electron chi connectivity index (χ0n) is 24.4. The largest absolute Gasteiger partial charge is 0.248 e. The summed E-state index contributed by atoms with van der Waals surface area (Å²) in [6.45, 7) is 0. The molecular formula is C42H26N2S. The number of fused-ring (bicyclic) bond motifs is 13. The van der Waals surface area contributed by atoms with Crippen molar-refractivity contribution in [2.24, 2.45) is 0 Å². The number of rotatable bonds is 2. The van der Waals surface area contributed by atoms with E-state index in [1.54, 1.807) is 0 Å². The highest BCUT2D eigenvalue weighted by molar-refractivity contribution is 7.27. The van der Waals surface area contributed by atoms with Gasteiger partial charge in [-0.2, -0.15) is 0 Å². The summed E-state index contributed by atoms with van der Waals surface area (Å²) < 4.78 is 2.72. The molecule has 1 unspecified atom stereocenters. The van der Waals surface area contributed by atoms with Gasteiger partial charge in [-0.1, -0.05) is 127 Å². The predicted molar refractivity (Wildman–Crippen MR) is 190 cm³/mol. The first kappa shape index (κ1) is 25.0. The van der Waals surface area contributed by atoms with Crippen LogP contribution in [0, 0.1) is 0 Å². The van der Waals surface area contributed by atoms with Gasteiger partial charge in [-0.3, -0.25) is 0 Å². The van der Waals surface area contributed by atoms with Crippen molar-refractivity contribution < 1.29 is 0 Å². The fourth-order valence-corrected chi connectivity index (χ4v) is 9.10. The van der Waals surface area contributed by atoms with Crippen LogP contribution in [0.1, 0.15) is 22.7 Å². The number of para-hydroxylation sites is 2. The molecule has 0 amide bonds. The highest BCUT2D eigenvalue weighted by Gasteiger charge is 2.34. The zero-order chi connectivity index (χ0) is 29.5. The fourth-order valence-electron chi connectivity index (χ4n) is 7.65. The van der Waals surface area contributed by atoms with Crippen molar-refractivity contribution in [1.82, 2.24) is 9.97 Å². The van der Waals surface area contributed by atoms with Gasteiger partial charge >= 0.3 is 0 Å². The van der Waals surface area contributed by atoms with Gasteiger partial charge in [0.15, 0.2) is 0 Å². The summed E-state index contributed by atoms with van der Waals surface area (Å²) in [7, 11) is 0. The van der Waals surface area contributed by atoms with Crippen molar-refractivity contribution in [3.05, 3.63) is 156 Å². The fraction of sp³-hybridized carbons (Fsp3) is 0.0476. The van der Waals surface area contributed by atoms with Crippen molar-refractivity contribution in [3.8, 4) is 22.4 Å². The van der Waals surface area contributed by atoms with Crippen LogP contribution in [-0.2, 0) is 6.42 Å². The average Bonchev–Trinajstić information content (AvgIpc) is 3.51. The van der Waals surface area contributed by atoms with Gasteiger partial charge in [0.1, 0.15) is 0 Å². The molecule has 9 aromatic rings. The number of aromatic nitrogens is 2. The molecule has 45 heavy (non-hydrogen) atoms. The average molecular weight is 591 g/mol. The summed E-state index contributed by atoms with van der Waals surface area (Å²) in [5.74, 6) is 0.0358. The third-order valence-corrected chi connectivity index (χ3v) is 10.9. The molecule has 2 heterocycles. The molecule has 210 valence electrons. The second-order valence-electron chi connectivity index (χ2n) is 12.0. The first-order chi connectivity index (χ1) is 22.3. The molecule has 2 nitrogen and oxygen atoms in total. The molecule has 0 saturated carbocycles. The molecule has 0 fully saturated rings. The van der Waals surface area contributed by atoms with Crippen molar-refractivity contribution in [3.63, 3.8) is 0 Å². The van der Waals surface area contributed by atoms with E-state index in [4.69, 9.17) is 9.97 Å². The Balaban J connectivity index is 1.41. The molecule has 2 aromatic heterocycles. The molecule has 0 spiro atoms. The molecular weight excluding hydrogens is 565 g/mol. The Morgan fingerprint density at radius 3 is 2.09 bits per heavy atom. The van der Waals surface area contributed by atoms with Crippen LogP contribution >= 0.6 is 11.3 Å². The second-order valence-corrected chi connectivity index (χ2v) is 13.1. The minimum absolute atomic E-state index is 0.0358. The maximum atomic E-state index is 5.48. The van der Waals surface area contributed by atoms with Crippen molar-refractivity contribution in [2.45, 2.75) is 12.3 Å². The lowest BCUT2D eigenvalue weighted by molar-refractivity contribution is 0.775. The van der Waals surface area contributed by atoms with Gasteiger partial charge in [-0.15, -0.1) is 11.3 Å². The maximum absolute atomic E-state index is 5.48. The first-order valence-corrected chi connectivity index (χ1v) is 16.3. The highest BCUT2D eigenvalue weighted by Crippen LogP contribution is 2.54. The summed E-state index contributed by atoms with van der Waals surface area (Å²) in [5.41, 5.74) is 10.4. The molecule has 1 atom stereocenters. The van der Waals surface area contributed by atoms with E-state index in [1.165, 1.54) is 64.0 Å². The molecule has 0 radical (unpaired) electrons. The van der Waals surface area contributed by atoms with Gasteiger partial charge in [0.2, 0.25) is 0 Å². The SMILES string of the molecule is c1ccc(-c2nc3ccccc3nc2C2Cc3ccccc3-c3c2c2sc4c5ccccc5ccc4c2c2ccccc32)cc1. The van der Waals surface area contributed by atoms with Crippen LogP contribution in [-0.4, -0.2) is 9.97 Å². The quantitative estimate of drug-likeness (QED) is 0.200. The van der Waals surface area contributed by atoms with Gasteiger partial charge in [0.25, 0.3) is 0 Å². The predicted octanol–water partition coefficient (Wildman–Crippen LogP) is 11.3. The van der Waals surface area contributed by atoms with Gasteiger partial charge < -0.3 is 0 Å². The summed E-state index contributed by atoms with van der Waals surface area (Å²) in [5, 5.41) is 7.91. The number of nitrogens with zero attached hydrogens (tertiary/aromatic N) is 2. The normalized spacial score (nSPS) is 14.4. The minimum Gasteiger partial charge on any atom is -0.248 e. The lowest BCUT2D eigenvalue weighted by atomic mass is 9.74. The molecule has 1 aliphatic rings. The third-order valence-electron chi connectivity index (χ3n) is 9.59. The zero-order valence-corrected chi connectivity index (χ0v) is 25.2. The standard InChI is InChI=1S/C42H26N2S/c1-2-13-26(14-3-1)39-40(44-35-21-11-10-20-34(35)43-39)33-24-27-15-5-6-16-28(27)36-30-18-8-9-19-31(30)37-32-23-22-25-12-4-7-17-29(25)41(32)45-42(37)38(33)36/h1-23,33H,24H2. The Morgan fingerprint density at radius 2 is 1.22 bits per heavy atom. The maximum Gasteiger partial charge on any atom is 0.0931 e. The molecule has 0 N–H and O–H groups in total. The minimum atomic E-state index is 0.0358. The van der Waals surface area contributed by atoms with E-state index in [2.05, 4.69) is 140 Å². The lowest BCUT2D eigenvalue weighted by Gasteiger charge is -2.31. The van der Waals surface area contributed by atoms with Crippen molar-refractivity contribution >= 4 is 64.1 Å². The summed E-state index contributed by atoms with van der Waals surface area (Å²) >= 11 is 1.95. The molecule has 1 aliphatic carbocycles. The first-order valence-electron chi connectivity index (χ1n) is 15.5. The number of hydrogen-bond acceptors (Lipinski definition) is 3. The van der Waals surface area contributed by atoms with E-state index >= 15 is 0 Å². The van der Waals surface area contributed by atoms with Crippen LogP contribution in [0.25, 0.3) is 75.1 Å².